The number of rotatable bonds is 3. The molecule has 3 rings (SSSR count). The molecule has 0 bridgehead atoms. The van der Waals surface area contributed by atoms with Gasteiger partial charge in [-0.05, 0) is 18.8 Å². The molecule has 0 radical (unpaired) electrons. The number of nitrogens with one attached hydrogen (secondary N) is 1. The van der Waals surface area contributed by atoms with Gasteiger partial charge in [-0.3, -0.25) is 0 Å². The predicted octanol–water partition coefficient (Wildman–Crippen LogP) is 3.75. The lowest BCUT2D eigenvalue weighted by Crippen LogP contribution is -2.43. The highest BCUT2D eigenvalue weighted by atomic mass is 32.1. The first-order valence-electron chi connectivity index (χ1n) is 7.75. The summed E-state index contributed by atoms with van der Waals surface area (Å²) in [4.78, 5) is 18.6. The summed E-state index contributed by atoms with van der Waals surface area (Å²) in [6.07, 6.45) is 2.20. The molecule has 1 saturated heterocycles. The van der Waals surface area contributed by atoms with E-state index in [0.717, 1.165) is 48.1 Å². The van der Waals surface area contributed by atoms with Gasteiger partial charge in [0, 0.05) is 24.0 Å². The molecule has 2 amide bonds. The van der Waals surface area contributed by atoms with Crippen molar-refractivity contribution < 1.29 is 4.79 Å². The topological polar surface area (TPSA) is 45.2 Å². The number of amides is 2. The van der Waals surface area contributed by atoms with Gasteiger partial charge in [-0.15, -0.1) is 11.3 Å². The van der Waals surface area contributed by atoms with Crippen LogP contribution in [0.3, 0.4) is 0 Å². The summed E-state index contributed by atoms with van der Waals surface area (Å²) >= 11 is 1.59. The number of carbonyl (C=O) groups is 1. The van der Waals surface area contributed by atoms with E-state index in [9.17, 15) is 4.79 Å². The quantitative estimate of drug-likeness (QED) is 0.937. The molecule has 5 heteroatoms. The van der Waals surface area contributed by atoms with Crippen molar-refractivity contribution in [1.82, 2.24) is 15.2 Å². The Kier molecular flexibility index (Phi) is 4.73. The van der Waals surface area contributed by atoms with Crippen LogP contribution in [0.5, 0.6) is 0 Å². The van der Waals surface area contributed by atoms with E-state index in [-0.39, 0.29) is 6.03 Å². The van der Waals surface area contributed by atoms with Crippen molar-refractivity contribution in [3.05, 3.63) is 40.7 Å². The Balaban J connectivity index is 1.54. The van der Waals surface area contributed by atoms with Gasteiger partial charge in [-0.1, -0.05) is 37.3 Å². The Morgan fingerprint density at radius 3 is 2.77 bits per heavy atom. The number of benzene rings is 1. The summed E-state index contributed by atoms with van der Waals surface area (Å²) in [5.41, 5.74) is 2.09. The number of hydrogen-bond acceptors (Lipinski definition) is 3. The highest BCUT2D eigenvalue weighted by Crippen LogP contribution is 2.21. The number of urea groups is 1. The van der Waals surface area contributed by atoms with Gasteiger partial charge in [0.25, 0.3) is 0 Å². The SMILES string of the molecule is CC1CCN(C(=O)NCc2nc(-c3ccccc3)cs2)CC1. The third kappa shape index (κ3) is 3.65. The van der Waals surface area contributed by atoms with Crippen LogP contribution in [-0.4, -0.2) is 29.0 Å². The summed E-state index contributed by atoms with van der Waals surface area (Å²) in [6.45, 7) is 4.47. The molecule has 1 fully saturated rings. The van der Waals surface area contributed by atoms with E-state index < -0.39 is 0 Å². The van der Waals surface area contributed by atoms with Crippen molar-refractivity contribution in [2.45, 2.75) is 26.3 Å². The highest BCUT2D eigenvalue weighted by Gasteiger charge is 2.20. The number of nitrogens with zero attached hydrogens (tertiary/aromatic N) is 2. The Bertz CT molecular complexity index is 618. The zero-order valence-corrected chi connectivity index (χ0v) is 13.6. The Morgan fingerprint density at radius 1 is 1.32 bits per heavy atom. The van der Waals surface area contributed by atoms with Crippen LogP contribution in [0.15, 0.2) is 35.7 Å². The van der Waals surface area contributed by atoms with Crippen LogP contribution >= 0.6 is 11.3 Å². The molecular formula is C17H21N3OS. The Morgan fingerprint density at radius 2 is 2.05 bits per heavy atom. The minimum Gasteiger partial charge on any atom is -0.331 e. The van der Waals surface area contributed by atoms with Crippen LogP contribution in [0, 0.1) is 5.92 Å². The Labute approximate surface area is 135 Å². The molecule has 1 aromatic heterocycles. The van der Waals surface area contributed by atoms with Gasteiger partial charge in [-0.2, -0.15) is 0 Å². The summed E-state index contributed by atoms with van der Waals surface area (Å²) in [7, 11) is 0. The standard InChI is InChI=1S/C17H21N3OS/c1-13-7-9-20(10-8-13)17(21)18-11-16-19-15(12-22-16)14-5-3-2-4-6-14/h2-6,12-13H,7-11H2,1H3,(H,18,21). The summed E-state index contributed by atoms with van der Waals surface area (Å²) in [6, 6.07) is 10.1. The molecule has 0 spiro atoms. The van der Waals surface area contributed by atoms with Gasteiger partial charge in [0.2, 0.25) is 0 Å². The first-order valence-corrected chi connectivity index (χ1v) is 8.63. The fourth-order valence-electron chi connectivity index (χ4n) is 2.61. The van der Waals surface area contributed by atoms with Crippen LogP contribution in [0.4, 0.5) is 4.79 Å². The van der Waals surface area contributed by atoms with E-state index in [1.54, 1.807) is 11.3 Å². The van der Waals surface area contributed by atoms with Gasteiger partial charge < -0.3 is 10.2 Å². The molecule has 116 valence electrons. The van der Waals surface area contributed by atoms with Crippen LogP contribution in [-0.2, 0) is 6.54 Å². The number of likely N-dealkylation sites (tertiary alicyclic amines) is 1. The van der Waals surface area contributed by atoms with Gasteiger partial charge in [0.15, 0.2) is 0 Å². The van der Waals surface area contributed by atoms with Gasteiger partial charge in [0.05, 0.1) is 12.2 Å². The maximum atomic E-state index is 12.1. The van der Waals surface area contributed by atoms with E-state index in [1.807, 2.05) is 40.6 Å². The van der Waals surface area contributed by atoms with E-state index in [1.165, 1.54) is 0 Å². The molecule has 1 aliphatic heterocycles. The first-order chi connectivity index (χ1) is 10.7. The van der Waals surface area contributed by atoms with Crippen LogP contribution < -0.4 is 5.32 Å². The first kappa shape index (κ1) is 15.0. The van der Waals surface area contributed by atoms with Crippen molar-refractivity contribution in [2.24, 2.45) is 5.92 Å². The number of piperidine rings is 1. The van der Waals surface area contributed by atoms with Gasteiger partial charge in [0.1, 0.15) is 5.01 Å². The molecule has 0 saturated carbocycles. The van der Waals surface area contributed by atoms with Gasteiger partial charge >= 0.3 is 6.03 Å². The summed E-state index contributed by atoms with van der Waals surface area (Å²) < 4.78 is 0. The smallest absolute Gasteiger partial charge is 0.317 e. The monoisotopic (exact) mass is 315 g/mol. The molecule has 2 aromatic rings. The van der Waals surface area contributed by atoms with E-state index in [4.69, 9.17) is 0 Å². The van der Waals surface area contributed by atoms with Crippen molar-refractivity contribution in [1.29, 1.82) is 0 Å². The molecule has 1 aromatic carbocycles. The fraction of sp³-hybridized carbons (Fsp3) is 0.412. The van der Waals surface area contributed by atoms with Crippen LogP contribution in [0.1, 0.15) is 24.8 Å². The molecule has 4 nitrogen and oxygen atoms in total. The van der Waals surface area contributed by atoms with Crippen molar-refractivity contribution >= 4 is 17.4 Å². The molecule has 2 heterocycles. The van der Waals surface area contributed by atoms with E-state index in [2.05, 4.69) is 17.2 Å². The predicted molar refractivity (Wildman–Crippen MR) is 89.8 cm³/mol. The third-order valence-corrected chi connectivity index (χ3v) is 4.93. The third-order valence-electron chi connectivity index (χ3n) is 4.08. The van der Waals surface area contributed by atoms with Crippen LogP contribution in [0.25, 0.3) is 11.3 Å². The number of carbonyl (C=O) groups excluding carboxylic acids is 1. The maximum Gasteiger partial charge on any atom is 0.317 e. The molecule has 1 aliphatic rings. The van der Waals surface area contributed by atoms with Crippen molar-refractivity contribution in [2.75, 3.05) is 13.1 Å². The molecule has 22 heavy (non-hydrogen) atoms. The minimum absolute atomic E-state index is 0.0309. The number of thiazole rings is 1. The van der Waals surface area contributed by atoms with E-state index >= 15 is 0 Å². The Hall–Kier alpha value is -1.88. The maximum absolute atomic E-state index is 12.1. The largest absolute Gasteiger partial charge is 0.331 e. The molecular weight excluding hydrogens is 294 g/mol. The lowest BCUT2D eigenvalue weighted by atomic mass is 10.00. The highest BCUT2D eigenvalue weighted by molar-refractivity contribution is 7.09. The zero-order valence-electron chi connectivity index (χ0n) is 12.8. The number of hydrogen-bond donors (Lipinski definition) is 1. The second-order valence-electron chi connectivity index (χ2n) is 5.82. The van der Waals surface area contributed by atoms with Gasteiger partial charge in [-0.25, -0.2) is 9.78 Å². The number of aromatic nitrogens is 1. The fourth-order valence-corrected chi connectivity index (χ4v) is 3.35. The second-order valence-corrected chi connectivity index (χ2v) is 6.76. The molecule has 0 unspecified atom stereocenters. The lowest BCUT2D eigenvalue weighted by Gasteiger charge is -2.30. The summed E-state index contributed by atoms with van der Waals surface area (Å²) in [5, 5.41) is 5.97. The average molecular weight is 315 g/mol. The zero-order chi connectivity index (χ0) is 15.4. The normalized spacial score (nSPS) is 15.8. The summed E-state index contributed by atoms with van der Waals surface area (Å²) in [5.74, 6) is 0.733. The van der Waals surface area contributed by atoms with Crippen molar-refractivity contribution in [3.63, 3.8) is 0 Å². The second kappa shape index (κ2) is 6.92. The lowest BCUT2D eigenvalue weighted by molar-refractivity contribution is 0.173. The minimum atomic E-state index is 0.0309. The van der Waals surface area contributed by atoms with E-state index in [0.29, 0.717) is 6.54 Å². The van der Waals surface area contributed by atoms with Crippen LogP contribution in [0.2, 0.25) is 0 Å². The average Bonchev–Trinajstić information content (AvgIpc) is 3.03. The molecule has 0 atom stereocenters. The van der Waals surface area contributed by atoms with Crippen molar-refractivity contribution in [3.8, 4) is 11.3 Å². The molecule has 0 aliphatic carbocycles. The molecule has 1 N–H and O–H groups in total.